The number of amides is 1. The summed E-state index contributed by atoms with van der Waals surface area (Å²) in [6.45, 7) is 19.2. The average Bonchev–Trinajstić information content (AvgIpc) is 3.68. The molecule has 1 heterocycles. The minimum Gasteiger partial charge on any atom is -0.481 e. The summed E-state index contributed by atoms with van der Waals surface area (Å²) in [5, 5.41) is 20.0. The fourth-order valence-corrected chi connectivity index (χ4v) is 7.16. The molecule has 5 fully saturated rings. The molecule has 4 saturated carbocycles. The number of benzene rings is 1. The number of hydroxylamine groups is 2. The van der Waals surface area contributed by atoms with Gasteiger partial charge in [-0.05, 0) is 93.8 Å². The number of carboxylic acids is 1. The molecule has 3 atom stereocenters. The third-order valence-corrected chi connectivity index (χ3v) is 9.80. The van der Waals surface area contributed by atoms with Crippen LogP contribution in [0.2, 0.25) is 0 Å². The molecule has 6 rings (SSSR count). The van der Waals surface area contributed by atoms with Gasteiger partial charge in [0.2, 0.25) is 6.41 Å². The number of nitrogens with one attached hydrogen (secondary N) is 1. The van der Waals surface area contributed by atoms with E-state index in [1.807, 2.05) is 13.8 Å². The van der Waals surface area contributed by atoms with E-state index < -0.39 is 5.97 Å². The van der Waals surface area contributed by atoms with Gasteiger partial charge < -0.3 is 25.2 Å². The number of methoxy groups -OCH3 is 1. The monoisotopic (exact) mass is 761 g/mol. The third kappa shape index (κ3) is 26.0. The minimum atomic E-state index is -0.833. The van der Waals surface area contributed by atoms with Crippen molar-refractivity contribution in [3.63, 3.8) is 0 Å². The Morgan fingerprint density at radius 2 is 1.52 bits per heavy atom. The summed E-state index contributed by atoms with van der Waals surface area (Å²) in [5.41, 5.74) is 3.37. The quantitative estimate of drug-likeness (QED) is 0.159. The van der Waals surface area contributed by atoms with Gasteiger partial charge in [-0.3, -0.25) is 19.3 Å². The average molecular weight is 761 g/mol. The summed E-state index contributed by atoms with van der Waals surface area (Å²) < 4.78 is 4.25. The summed E-state index contributed by atoms with van der Waals surface area (Å²) in [7, 11) is 7.60. The predicted octanol–water partition coefficient (Wildman–Crippen LogP) is 7.20. The fourth-order valence-electron chi connectivity index (χ4n) is 7.16. The lowest BCUT2D eigenvalue weighted by Gasteiger charge is -2.58. The second-order valence-corrected chi connectivity index (χ2v) is 14.6. The molecule has 10 heteroatoms. The summed E-state index contributed by atoms with van der Waals surface area (Å²) in [6.07, 6.45) is 28.9. The number of aliphatic carboxylic acids is 1. The molecule has 0 aromatic heterocycles. The molecule has 3 N–H and O–H groups in total. The van der Waals surface area contributed by atoms with Gasteiger partial charge in [-0.15, -0.1) is 25.7 Å². The molecule has 1 aromatic carbocycles. The number of rotatable bonds is 11. The van der Waals surface area contributed by atoms with Gasteiger partial charge in [0.1, 0.15) is 0 Å². The van der Waals surface area contributed by atoms with Crippen LogP contribution in [0.25, 0.3) is 0 Å². The Bertz CT molecular complexity index is 1040. The van der Waals surface area contributed by atoms with E-state index in [4.69, 9.17) is 19.8 Å². The number of carbonyl (C=O) groups excluding carboxylic acids is 1. The Labute approximate surface area is 331 Å². The molecule has 1 aliphatic heterocycles. The molecule has 0 spiro atoms. The Balaban J connectivity index is -0.000000768. The van der Waals surface area contributed by atoms with Gasteiger partial charge in [0.25, 0.3) is 5.97 Å². The van der Waals surface area contributed by atoms with Crippen LogP contribution in [0.5, 0.6) is 0 Å². The van der Waals surface area contributed by atoms with Crippen molar-refractivity contribution < 1.29 is 29.4 Å². The zero-order valence-electron chi connectivity index (χ0n) is 35.9. The number of ether oxygens (including phenoxy) is 1. The minimum absolute atomic E-state index is 0.250. The number of hydrogen-bond acceptors (Lipinski definition) is 8. The van der Waals surface area contributed by atoms with Gasteiger partial charge in [-0.2, -0.15) is 5.06 Å². The van der Waals surface area contributed by atoms with E-state index in [0.717, 1.165) is 76.8 Å². The normalized spacial score (nSPS) is 20.4. The molecule has 4 aliphatic carbocycles. The second kappa shape index (κ2) is 35.7. The molecular weight excluding hydrogens is 681 g/mol. The number of hydrogen-bond donors (Lipinski definition) is 3. The maximum Gasteiger partial charge on any atom is 0.300 e. The zero-order valence-corrected chi connectivity index (χ0v) is 35.9. The van der Waals surface area contributed by atoms with Crippen molar-refractivity contribution in [1.82, 2.24) is 20.2 Å². The maximum absolute atomic E-state index is 10.2. The number of fused-ring (bicyclic) bond motifs is 2. The van der Waals surface area contributed by atoms with E-state index in [1.165, 1.54) is 69.0 Å². The van der Waals surface area contributed by atoms with Crippen LogP contribution in [0.1, 0.15) is 110 Å². The van der Waals surface area contributed by atoms with Crippen LogP contribution < -0.4 is 5.32 Å². The molecular formula is C44H80N4O6. The molecule has 10 nitrogen and oxygen atoms in total. The van der Waals surface area contributed by atoms with Crippen molar-refractivity contribution in [3.05, 3.63) is 35.4 Å². The molecule has 1 unspecified atom stereocenters. The van der Waals surface area contributed by atoms with Gasteiger partial charge in [0.05, 0.1) is 6.61 Å². The smallest absolute Gasteiger partial charge is 0.300 e. The number of nitrogens with zero attached hydrogens (tertiary/aromatic N) is 3. The number of likely N-dealkylation sites (N-methyl/N-ethyl adjacent to an activating group) is 1. The highest BCUT2D eigenvalue weighted by Crippen LogP contribution is 2.58. The summed E-state index contributed by atoms with van der Waals surface area (Å²) in [5.74, 6) is 1.77. The third-order valence-electron chi connectivity index (χ3n) is 9.80. The van der Waals surface area contributed by atoms with Crippen molar-refractivity contribution in [2.45, 2.75) is 118 Å². The second-order valence-electron chi connectivity index (χ2n) is 14.6. The topological polar surface area (TPSA) is 115 Å². The lowest BCUT2D eigenvalue weighted by atomic mass is 9.48. The lowest BCUT2D eigenvalue weighted by molar-refractivity contribution is -0.134. The number of aliphatic hydroxyl groups excluding tert-OH is 1. The van der Waals surface area contributed by atoms with Crippen molar-refractivity contribution in [2.75, 3.05) is 67.7 Å². The maximum atomic E-state index is 10.2. The standard InChI is InChI=1S/C22H37N3O.C10H17NO.C2H4O2.2C2H6O.C2H6.2C2H2/c1-23(2)13-14-24(17-20-8-4-3-5-9-20)18-21-10-6-11-22(16-21)19-25-12-7-15-26-25;1-10(2)7-3-8(10)5-9(4-7)11-6-12;1-2(3)4;1-3-2;1-2-3;3*1-2/h6,10-11,16,20H,3-5,7-9,12-15,17-19H2,1-2H3;6-9H,3-5H2,1-2H3,(H,11,12);1H3,(H,3,4);1-2H3;3H,2H2,1H3;1-2H3;2*1-2H/t;7-,8+,9?;;;;;;. The molecule has 312 valence electrons. The van der Waals surface area contributed by atoms with E-state index in [-0.39, 0.29) is 6.61 Å². The zero-order chi connectivity index (χ0) is 42.0. The van der Waals surface area contributed by atoms with E-state index in [1.54, 1.807) is 21.1 Å². The Morgan fingerprint density at radius 1 is 1.00 bits per heavy atom. The van der Waals surface area contributed by atoms with Gasteiger partial charge in [-0.25, -0.2) is 0 Å². The number of carboxylic acid groups (broad SMARTS) is 1. The van der Waals surface area contributed by atoms with Crippen molar-refractivity contribution >= 4 is 12.4 Å². The number of carbonyl (C=O) groups is 2. The van der Waals surface area contributed by atoms with E-state index in [0.29, 0.717) is 11.5 Å². The SMILES string of the molecule is C#C.C#C.CC.CC(=O)O.CC1(C)[C@@H]2CC(NC=O)C[C@H]1C2.CCO.CN(C)CCN(Cc1cccc(CN2CCCO2)c1)CC1CCCCC1.COC. The first-order valence-electron chi connectivity index (χ1n) is 19.8. The predicted molar refractivity (Wildman–Crippen MR) is 226 cm³/mol. The van der Waals surface area contributed by atoms with Crippen LogP contribution in [0.4, 0.5) is 0 Å². The summed E-state index contributed by atoms with van der Waals surface area (Å²) in [4.78, 5) is 29.9. The van der Waals surface area contributed by atoms with Crippen molar-refractivity contribution in [3.8, 4) is 25.7 Å². The summed E-state index contributed by atoms with van der Waals surface area (Å²) in [6, 6.07) is 9.59. The van der Waals surface area contributed by atoms with Gasteiger partial charge in [0.15, 0.2) is 0 Å². The molecule has 2 bridgehead atoms. The Kier molecular flexibility index (Phi) is 36.6. The highest BCUT2D eigenvalue weighted by molar-refractivity contribution is 5.62. The highest BCUT2D eigenvalue weighted by atomic mass is 16.7. The summed E-state index contributed by atoms with van der Waals surface area (Å²) >= 11 is 0. The van der Waals surface area contributed by atoms with Gasteiger partial charge >= 0.3 is 0 Å². The van der Waals surface area contributed by atoms with E-state index in [2.05, 4.69) is 103 Å². The van der Waals surface area contributed by atoms with E-state index in [9.17, 15) is 4.79 Å². The van der Waals surface area contributed by atoms with Crippen LogP contribution in [-0.4, -0.2) is 111 Å². The van der Waals surface area contributed by atoms with Gasteiger partial charge in [0, 0.05) is 73.1 Å². The van der Waals surface area contributed by atoms with Crippen LogP contribution in [0.3, 0.4) is 0 Å². The fraction of sp³-hybridized carbons (Fsp3) is 0.727. The first-order valence-corrected chi connectivity index (χ1v) is 19.8. The van der Waals surface area contributed by atoms with Crippen molar-refractivity contribution in [1.29, 1.82) is 0 Å². The number of terminal acetylenes is 2. The highest BCUT2D eigenvalue weighted by Gasteiger charge is 2.52. The molecule has 1 amide bonds. The number of aliphatic hydroxyl groups is 1. The van der Waals surface area contributed by atoms with Crippen molar-refractivity contribution in [2.24, 2.45) is 23.2 Å². The first-order chi connectivity index (χ1) is 25.9. The van der Waals surface area contributed by atoms with Crippen LogP contribution in [-0.2, 0) is 32.3 Å². The molecule has 1 aromatic rings. The largest absolute Gasteiger partial charge is 0.481 e. The molecule has 5 aliphatic rings. The van der Waals surface area contributed by atoms with Crippen LogP contribution in [0.15, 0.2) is 24.3 Å². The Hall–Kier alpha value is -2.96. The molecule has 54 heavy (non-hydrogen) atoms. The lowest BCUT2D eigenvalue weighted by Crippen LogP contribution is -2.54. The van der Waals surface area contributed by atoms with Crippen LogP contribution in [0, 0.1) is 48.9 Å². The Morgan fingerprint density at radius 3 is 1.96 bits per heavy atom. The molecule has 0 radical (unpaired) electrons. The first kappa shape index (κ1) is 55.4. The van der Waals surface area contributed by atoms with E-state index >= 15 is 0 Å². The van der Waals surface area contributed by atoms with Crippen LogP contribution >= 0.6 is 0 Å². The van der Waals surface area contributed by atoms with Gasteiger partial charge in [-0.1, -0.05) is 71.2 Å². The molecule has 1 saturated heterocycles.